The maximum Gasteiger partial charge on any atom is 0.257 e. The third-order valence-corrected chi connectivity index (χ3v) is 4.58. The van der Waals surface area contributed by atoms with Crippen LogP contribution < -0.4 is 10.1 Å². The minimum atomic E-state index is -0.328. The molecular formula is C16H13ClN4O3S. The molecule has 1 fully saturated rings. The molecule has 1 aliphatic heterocycles. The highest BCUT2D eigenvalue weighted by atomic mass is 35.5. The molecule has 3 heterocycles. The van der Waals surface area contributed by atoms with Crippen LogP contribution in [0.25, 0.3) is 11.0 Å². The molecule has 1 amide bonds. The van der Waals surface area contributed by atoms with Gasteiger partial charge >= 0.3 is 0 Å². The van der Waals surface area contributed by atoms with Crippen molar-refractivity contribution in [3.05, 3.63) is 41.0 Å². The lowest BCUT2D eigenvalue weighted by molar-refractivity contribution is 0.102. The fourth-order valence-electron chi connectivity index (χ4n) is 2.50. The molecule has 7 nitrogen and oxygen atoms in total. The van der Waals surface area contributed by atoms with Gasteiger partial charge in [0.15, 0.2) is 0 Å². The van der Waals surface area contributed by atoms with Gasteiger partial charge < -0.3 is 14.8 Å². The second-order valence-electron chi connectivity index (χ2n) is 5.51. The summed E-state index contributed by atoms with van der Waals surface area (Å²) in [5.74, 6) is -0.0230. The number of benzene rings is 1. The summed E-state index contributed by atoms with van der Waals surface area (Å²) in [6.45, 7) is 1.19. The number of anilines is 1. The van der Waals surface area contributed by atoms with Crippen LogP contribution in [0, 0.1) is 0 Å². The number of ether oxygens (including phenoxy) is 2. The molecule has 0 spiro atoms. The van der Waals surface area contributed by atoms with Crippen molar-refractivity contribution in [3.8, 4) is 5.88 Å². The van der Waals surface area contributed by atoms with Gasteiger partial charge in [-0.2, -0.15) is 8.75 Å². The number of amides is 1. The van der Waals surface area contributed by atoms with E-state index >= 15 is 0 Å². The van der Waals surface area contributed by atoms with Crippen molar-refractivity contribution in [2.24, 2.45) is 0 Å². The number of pyridine rings is 1. The zero-order valence-electron chi connectivity index (χ0n) is 12.9. The standard InChI is InChI=1S/C16H13ClN4O3S/c17-11-6-9(7-18-16(11)24-10-4-5-23-8-10)15(22)19-12-2-1-3-13-14(12)21-25-20-13/h1-3,6-7,10H,4-5,8H2,(H,19,22). The highest BCUT2D eigenvalue weighted by Crippen LogP contribution is 2.26. The molecule has 25 heavy (non-hydrogen) atoms. The Morgan fingerprint density at radius 3 is 3.12 bits per heavy atom. The molecule has 1 saturated heterocycles. The molecule has 0 saturated carbocycles. The van der Waals surface area contributed by atoms with Crippen LogP contribution in [-0.4, -0.2) is 39.0 Å². The van der Waals surface area contributed by atoms with Crippen LogP contribution in [0.3, 0.4) is 0 Å². The van der Waals surface area contributed by atoms with Crippen LogP contribution in [0.15, 0.2) is 30.5 Å². The summed E-state index contributed by atoms with van der Waals surface area (Å²) in [4.78, 5) is 16.6. The third-order valence-electron chi connectivity index (χ3n) is 3.77. The summed E-state index contributed by atoms with van der Waals surface area (Å²) in [5.41, 5.74) is 2.32. The van der Waals surface area contributed by atoms with Crippen molar-refractivity contribution in [1.29, 1.82) is 0 Å². The Hall–Kier alpha value is -2.29. The number of fused-ring (bicyclic) bond motifs is 1. The van der Waals surface area contributed by atoms with E-state index in [1.165, 1.54) is 12.3 Å². The van der Waals surface area contributed by atoms with Crippen LogP contribution >= 0.6 is 23.3 Å². The number of nitrogens with one attached hydrogen (secondary N) is 1. The molecule has 0 bridgehead atoms. The molecule has 9 heteroatoms. The fourth-order valence-corrected chi connectivity index (χ4v) is 3.26. The molecule has 1 aliphatic rings. The smallest absolute Gasteiger partial charge is 0.257 e. The topological polar surface area (TPSA) is 86.2 Å². The molecule has 2 aromatic heterocycles. The van der Waals surface area contributed by atoms with E-state index in [9.17, 15) is 4.79 Å². The highest BCUT2D eigenvalue weighted by molar-refractivity contribution is 7.00. The average Bonchev–Trinajstić information content (AvgIpc) is 3.28. The predicted molar refractivity (Wildman–Crippen MR) is 94.5 cm³/mol. The number of carbonyl (C=O) groups is 1. The molecule has 1 atom stereocenters. The summed E-state index contributed by atoms with van der Waals surface area (Å²) >= 11 is 7.30. The lowest BCUT2D eigenvalue weighted by Gasteiger charge is -2.12. The maximum atomic E-state index is 12.5. The summed E-state index contributed by atoms with van der Waals surface area (Å²) in [5, 5.41) is 3.10. The first-order chi connectivity index (χ1) is 12.2. The third kappa shape index (κ3) is 3.41. The zero-order chi connectivity index (χ0) is 17.2. The second kappa shape index (κ2) is 6.91. The van der Waals surface area contributed by atoms with Crippen molar-refractivity contribution in [3.63, 3.8) is 0 Å². The Morgan fingerprint density at radius 2 is 2.32 bits per heavy atom. The maximum absolute atomic E-state index is 12.5. The predicted octanol–water partition coefficient (Wildman–Crippen LogP) is 3.16. The van der Waals surface area contributed by atoms with Crippen LogP contribution in [0.1, 0.15) is 16.8 Å². The molecule has 3 aromatic rings. The van der Waals surface area contributed by atoms with E-state index < -0.39 is 0 Å². The highest BCUT2D eigenvalue weighted by Gasteiger charge is 2.20. The zero-order valence-corrected chi connectivity index (χ0v) is 14.5. The van der Waals surface area contributed by atoms with Gasteiger partial charge in [-0.1, -0.05) is 17.7 Å². The molecule has 0 radical (unpaired) electrons. The van der Waals surface area contributed by atoms with E-state index in [-0.39, 0.29) is 17.0 Å². The quantitative estimate of drug-likeness (QED) is 0.752. The van der Waals surface area contributed by atoms with Crippen molar-refractivity contribution in [2.45, 2.75) is 12.5 Å². The fraction of sp³-hybridized carbons (Fsp3) is 0.250. The van der Waals surface area contributed by atoms with Gasteiger partial charge in [-0.3, -0.25) is 4.79 Å². The Labute approximate surface area is 152 Å². The number of carbonyl (C=O) groups excluding carboxylic acids is 1. The lowest BCUT2D eigenvalue weighted by Crippen LogP contribution is -2.17. The SMILES string of the molecule is O=C(Nc1cccc2nsnc12)c1cnc(OC2CCOC2)c(Cl)c1. The molecule has 1 N–H and O–H groups in total. The number of halogens is 1. The largest absolute Gasteiger partial charge is 0.471 e. The van der Waals surface area contributed by atoms with Crippen LogP contribution in [0.5, 0.6) is 5.88 Å². The van der Waals surface area contributed by atoms with Gasteiger partial charge in [-0.15, -0.1) is 0 Å². The minimum Gasteiger partial charge on any atom is -0.471 e. The van der Waals surface area contributed by atoms with Gasteiger partial charge in [0.25, 0.3) is 5.91 Å². The summed E-state index contributed by atoms with van der Waals surface area (Å²) in [7, 11) is 0. The van der Waals surface area contributed by atoms with Gasteiger partial charge in [0.05, 0.1) is 36.2 Å². The molecule has 4 rings (SSSR count). The molecular weight excluding hydrogens is 364 g/mol. The number of nitrogens with zero attached hydrogens (tertiary/aromatic N) is 3. The molecule has 1 aromatic carbocycles. The number of hydrogen-bond donors (Lipinski definition) is 1. The monoisotopic (exact) mass is 376 g/mol. The van der Waals surface area contributed by atoms with E-state index in [2.05, 4.69) is 19.0 Å². The number of hydrogen-bond acceptors (Lipinski definition) is 7. The Kier molecular flexibility index (Phi) is 4.48. The van der Waals surface area contributed by atoms with Crippen molar-refractivity contribution >= 4 is 46.0 Å². The molecule has 128 valence electrons. The minimum absolute atomic E-state index is 0.0561. The normalized spacial score (nSPS) is 16.9. The molecule has 0 aliphatic carbocycles. The second-order valence-corrected chi connectivity index (χ2v) is 6.44. The van der Waals surface area contributed by atoms with Crippen molar-refractivity contribution < 1.29 is 14.3 Å². The lowest BCUT2D eigenvalue weighted by atomic mass is 10.2. The first-order valence-corrected chi connectivity index (χ1v) is 8.74. The van der Waals surface area contributed by atoms with E-state index in [1.54, 1.807) is 6.07 Å². The molecule has 1 unspecified atom stereocenters. The van der Waals surface area contributed by atoms with E-state index in [0.29, 0.717) is 35.9 Å². The Morgan fingerprint density at radius 1 is 1.40 bits per heavy atom. The van der Waals surface area contributed by atoms with Crippen LogP contribution in [0.2, 0.25) is 5.02 Å². The van der Waals surface area contributed by atoms with Gasteiger partial charge in [0, 0.05) is 12.6 Å². The summed E-state index contributed by atoms with van der Waals surface area (Å²) in [6, 6.07) is 6.96. The van der Waals surface area contributed by atoms with Gasteiger partial charge in [-0.25, -0.2) is 4.98 Å². The van der Waals surface area contributed by atoms with Crippen LogP contribution in [-0.2, 0) is 4.74 Å². The summed E-state index contributed by atoms with van der Waals surface area (Å²) < 4.78 is 19.3. The van der Waals surface area contributed by atoms with Gasteiger partial charge in [0.2, 0.25) is 5.88 Å². The Balaban J connectivity index is 1.52. The Bertz CT molecular complexity index is 927. The van der Waals surface area contributed by atoms with E-state index in [4.69, 9.17) is 21.1 Å². The van der Waals surface area contributed by atoms with Gasteiger partial charge in [-0.05, 0) is 18.2 Å². The van der Waals surface area contributed by atoms with Crippen molar-refractivity contribution in [2.75, 3.05) is 18.5 Å². The van der Waals surface area contributed by atoms with Gasteiger partial charge in [0.1, 0.15) is 22.2 Å². The van der Waals surface area contributed by atoms with Crippen molar-refractivity contribution in [1.82, 2.24) is 13.7 Å². The van der Waals surface area contributed by atoms with E-state index in [0.717, 1.165) is 23.7 Å². The number of aromatic nitrogens is 3. The number of rotatable bonds is 4. The average molecular weight is 377 g/mol. The van der Waals surface area contributed by atoms with E-state index in [1.807, 2.05) is 12.1 Å². The summed E-state index contributed by atoms with van der Waals surface area (Å²) in [6.07, 6.45) is 2.18. The first kappa shape index (κ1) is 16.2. The first-order valence-electron chi connectivity index (χ1n) is 7.63. The van der Waals surface area contributed by atoms with Crippen LogP contribution in [0.4, 0.5) is 5.69 Å².